The van der Waals surface area contributed by atoms with Gasteiger partial charge in [0.2, 0.25) is 5.91 Å². The lowest BCUT2D eigenvalue weighted by atomic mass is 10.1. The Hall–Kier alpha value is -2.92. The molecule has 0 bridgehead atoms. The first kappa shape index (κ1) is 18.9. The highest BCUT2D eigenvalue weighted by molar-refractivity contribution is 7.14. The van der Waals surface area contributed by atoms with Crippen LogP contribution in [0.2, 0.25) is 0 Å². The van der Waals surface area contributed by atoms with Crippen LogP contribution in [-0.4, -0.2) is 17.5 Å². The van der Waals surface area contributed by atoms with Crippen molar-refractivity contribution in [2.75, 3.05) is 11.9 Å². The number of anilines is 1. The Morgan fingerprint density at radius 3 is 2.63 bits per heavy atom. The van der Waals surface area contributed by atoms with Gasteiger partial charge in [0.05, 0.1) is 12.3 Å². The first-order valence-electron chi connectivity index (χ1n) is 8.80. The molecule has 4 nitrogen and oxygen atoms in total. The highest BCUT2D eigenvalue weighted by Gasteiger charge is 2.07. The van der Waals surface area contributed by atoms with Crippen molar-refractivity contribution in [1.82, 2.24) is 4.98 Å². The molecule has 1 N–H and O–H groups in total. The van der Waals surface area contributed by atoms with Gasteiger partial charge in [0.25, 0.3) is 0 Å². The lowest BCUT2D eigenvalue weighted by Gasteiger charge is -2.02. The Morgan fingerprint density at radius 2 is 1.93 bits per heavy atom. The largest absolute Gasteiger partial charge is 0.494 e. The number of nitrogens with one attached hydrogen (secondary N) is 1. The molecule has 0 radical (unpaired) electrons. The zero-order chi connectivity index (χ0) is 19.2. The van der Waals surface area contributed by atoms with E-state index in [1.807, 2.05) is 36.6 Å². The summed E-state index contributed by atoms with van der Waals surface area (Å²) in [6, 6.07) is 13.8. The molecule has 0 saturated carbocycles. The number of aromatic nitrogens is 1. The maximum atomic E-state index is 12.1. The first-order chi connectivity index (χ1) is 13.0. The van der Waals surface area contributed by atoms with Gasteiger partial charge in [0, 0.05) is 17.0 Å². The zero-order valence-corrected chi connectivity index (χ0v) is 16.5. The SMILES string of the molecule is CCOc1ccc(C=CC(=O)Nc2nc(-c3ccc(C)c(C)c3)cs2)cc1. The second kappa shape index (κ2) is 8.64. The number of thiazole rings is 1. The number of benzene rings is 2. The third kappa shape index (κ3) is 5.05. The van der Waals surface area contributed by atoms with Gasteiger partial charge in [-0.1, -0.05) is 24.3 Å². The molecular weight excluding hydrogens is 356 g/mol. The number of aryl methyl sites for hydroxylation is 2. The van der Waals surface area contributed by atoms with Gasteiger partial charge in [-0.05, 0) is 61.7 Å². The predicted molar refractivity (Wildman–Crippen MR) is 112 cm³/mol. The van der Waals surface area contributed by atoms with Crippen LogP contribution in [0.1, 0.15) is 23.6 Å². The lowest BCUT2D eigenvalue weighted by molar-refractivity contribution is -0.111. The van der Waals surface area contributed by atoms with E-state index in [2.05, 4.69) is 42.3 Å². The Morgan fingerprint density at radius 1 is 1.15 bits per heavy atom. The summed E-state index contributed by atoms with van der Waals surface area (Å²) in [7, 11) is 0. The van der Waals surface area contributed by atoms with E-state index in [1.165, 1.54) is 28.5 Å². The van der Waals surface area contributed by atoms with Crippen molar-refractivity contribution in [2.24, 2.45) is 0 Å². The molecule has 138 valence electrons. The predicted octanol–water partition coefficient (Wildman–Crippen LogP) is 5.48. The molecule has 27 heavy (non-hydrogen) atoms. The molecule has 0 aliphatic heterocycles. The van der Waals surface area contributed by atoms with E-state index in [1.54, 1.807) is 6.08 Å². The molecule has 1 aromatic heterocycles. The van der Waals surface area contributed by atoms with Gasteiger partial charge in [0.1, 0.15) is 5.75 Å². The number of ether oxygens (including phenoxy) is 1. The standard InChI is InChI=1S/C22H22N2O2S/c1-4-26-19-10-6-17(7-11-19)8-12-21(25)24-22-23-20(14-27-22)18-9-5-15(2)16(3)13-18/h5-14H,4H2,1-3H3,(H,23,24,25). The van der Waals surface area contributed by atoms with Crippen molar-refractivity contribution in [1.29, 1.82) is 0 Å². The van der Waals surface area contributed by atoms with Gasteiger partial charge in [-0.25, -0.2) is 4.98 Å². The van der Waals surface area contributed by atoms with Gasteiger partial charge >= 0.3 is 0 Å². The zero-order valence-electron chi connectivity index (χ0n) is 15.7. The van der Waals surface area contributed by atoms with Crippen LogP contribution in [0.15, 0.2) is 53.9 Å². The van der Waals surface area contributed by atoms with E-state index in [-0.39, 0.29) is 5.91 Å². The van der Waals surface area contributed by atoms with Gasteiger partial charge in [-0.2, -0.15) is 0 Å². The second-order valence-electron chi connectivity index (χ2n) is 6.16. The summed E-state index contributed by atoms with van der Waals surface area (Å²) >= 11 is 1.42. The molecule has 0 atom stereocenters. The molecule has 2 aromatic carbocycles. The molecule has 3 rings (SSSR count). The van der Waals surface area contributed by atoms with E-state index >= 15 is 0 Å². The molecular formula is C22H22N2O2S. The van der Waals surface area contributed by atoms with Crippen LogP contribution >= 0.6 is 11.3 Å². The number of amides is 1. The number of hydrogen-bond donors (Lipinski definition) is 1. The van der Waals surface area contributed by atoms with Crippen LogP contribution in [0.4, 0.5) is 5.13 Å². The normalized spacial score (nSPS) is 10.9. The van der Waals surface area contributed by atoms with Gasteiger partial charge in [-0.3, -0.25) is 10.1 Å². The summed E-state index contributed by atoms with van der Waals surface area (Å²) in [4.78, 5) is 16.7. The topological polar surface area (TPSA) is 51.2 Å². The Labute approximate surface area is 163 Å². The van der Waals surface area contributed by atoms with Gasteiger partial charge in [-0.15, -0.1) is 11.3 Å². The van der Waals surface area contributed by atoms with E-state index in [0.717, 1.165) is 22.6 Å². The van der Waals surface area contributed by atoms with E-state index in [4.69, 9.17) is 4.74 Å². The fourth-order valence-electron chi connectivity index (χ4n) is 2.53. The minimum absolute atomic E-state index is 0.204. The number of hydrogen-bond acceptors (Lipinski definition) is 4. The highest BCUT2D eigenvalue weighted by atomic mass is 32.1. The second-order valence-corrected chi connectivity index (χ2v) is 7.02. The Bertz CT molecular complexity index is 959. The minimum Gasteiger partial charge on any atom is -0.494 e. The summed E-state index contributed by atoms with van der Waals surface area (Å²) in [6.07, 6.45) is 3.27. The maximum absolute atomic E-state index is 12.1. The van der Waals surface area contributed by atoms with Crippen LogP contribution in [0.25, 0.3) is 17.3 Å². The van der Waals surface area contributed by atoms with Crippen molar-refractivity contribution in [3.05, 3.63) is 70.6 Å². The summed E-state index contributed by atoms with van der Waals surface area (Å²) < 4.78 is 5.41. The van der Waals surface area contributed by atoms with Gasteiger partial charge < -0.3 is 4.74 Å². The summed E-state index contributed by atoms with van der Waals surface area (Å²) in [5, 5.41) is 5.36. The molecule has 1 amide bonds. The Kier molecular flexibility index (Phi) is 6.04. The van der Waals surface area contributed by atoms with E-state index < -0.39 is 0 Å². The molecule has 0 fully saturated rings. The number of nitrogens with zero attached hydrogens (tertiary/aromatic N) is 1. The number of rotatable bonds is 6. The van der Waals surface area contributed by atoms with Crippen LogP contribution < -0.4 is 10.1 Å². The van der Waals surface area contributed by atoms with E-state index in [9.17, 15) is 4.79 Å². The number of carbonyl (C=O) groups excluding carboxylic acids is 1. The number of carbonyl (C=O) groups is 1. The third-order valence-corrected chi connectivity index (χ3v) is 4.91. The Balaban J connectivity index is 1.62. The molecule has 0 unspecified atom stereocenters. The molecule has 0 aliphatic carbocycles. The van der Waals surface area contributed by atoms with Crippen molar-refractivity contribution >= 4 is 28.5 Å². The summed E-state index contributed by atoms with van der Waals surface area (Å²) in [6.45, 7) is 6.75. The van der Waals surface area contributed by atoms with Crippen LogP contribution in [0.5, 0.6) is 5.75 Å². The smallest absolute Gasteiger partial charge is 0.250 e. The summed E-state index contributed by atoms with van der Waals surface area (Å²) in [5.41, 5.74) is 5.34. The molecule has 3 aromatic rings. The fraction of sp³-hybridized carbons (Fsp3) is 0.182. The molecule has 0 aliphatic rings. The van der Waals surface area contributed by atoms with Crippen molar-refractivity contribution in [2.45, 2.75) is 20.8 Å². The molecule has 0 saturated heterocycles. The molecule has 1 heterocycles. The monoisotopic (exact) mass is 378 g/mol. The van der Waals surface area contributed by atoms with Gasteiger partial charge in [0.15, 0.2) is 5.13 Å². The van der Waals surface area contributed by atoms with Crippen molar-refractivity contribution in [3.63, 3.8) is 0 Å². The van der Waals surface area contributed by atoms with Crippen LogP contribution in [0.3, 0.4) is 0 Å². The minimum atomic E-state index is -0.204. The lowest BCUT2D eigenvalue weighted by Crippen LogP contribution is -2.07. The van der Waals surface area contributed by atoms with E-state index in [0.29, 0.717) is 11.7 Å². The maximum Gasteiger partial charge on any atom is 0.250 e. The van der Waals surface area contributed by atoms with Crippen LogP contribution in [0, 0.1) is 13.8 Å². The van der Waals surface area contributed by atoms with Crippen molar-refractivity contribution < 1.29 is 9.53 Å². The highest BCUT2D eigenvalue weighted by Crippen LogP contribution is 2.26. The average molecular weight is 378 g/mol. The third-order valence-electron chi connectivity index (χ3n) is 4.16. The fourth-order valence-corrected chi connectivity index (χ4v) is 3.25. The molecule has 5 heteroatoms. The van der Waals surface area contributed by atoms with Crippen LogP contribution in [-0.2, 0) is 4.79 Å². The average Bonchev–Trinajstić information content (AvgIpc) is 3.12. The van der Waals surface area contributed by atoms with Crippen molar-refractivity contribution in [3.8, 4) is 17.0 Å². The quantitative estimate of drug-likeness (QED) is 0.578. The summed E-state index contributed by atoms with van der Waals surface area (Å²) in [5.74, 6) is 0.616. The molecule has 0 spiro atoms. The first-order valence-corrected chi connectivity index (χ1v) is 9.68.